The number of hydrogen-bond donors (Lipinski definition) is 3. The van der Waals surface area contributed by atoms with Gasteiger partial charge < -0.3 is 5.32 Å². The molecule has 3 rings (SSSR count). The van der Waals surface area contributed by atoms with Crippen LogP contribution in [-0.2, 0) is 0 Å². The highest BCUT2D eigenvalue weighted by Crippen LogP contribution is 2.20. The number of nitrogens with one attached hydrogen (secondary N) is 3. The van der Waals surface area contributed by atoms with Gasteiger partial charge in [0.1, 0.15) is 5.82 Å². The number of carbonyl (C=O) groups excluding carboxylic acids is 3. The van der Waals surface area contributed by atoms with Crippen LogP contribution >= 0.6 is 0 Å². The number of nitrogens with zero attached hydrogens (tertiary/aromatic N) is 2. The summed E-state index contributed by atoms with van der Waals surface area (Å²) in [6, 6.07) is 4.45. The molecular formula is C12H9N5O3. The van der Waals surface area contributed by atoms with Crippen LogP contribution in [0.2, 0.25) is 0 Å². The van der Waals surface area contributed by atoms with E-state index in [9.17, 15) is 14.4 Å². The van der Waals surface area contributed by atoms with Gasteiger partial charge >= 0.3 is 0 Å². The summed E-state index contributed by atoms with van der Waals surface area (Å²) in [6.45, 7) is 1.68. The Balaban J connectivity index is 1.86. The maximum Gasteiger partial charge on any atom is 0.295 e. The van der Waals surface area contributed by atoms with E-state index >= 15 is 0 Å². The fraction of sp³-hybridized carbons (Fsp3) is 0.0833. The maximum absolute atomic E-state index is 11.8. The number of hydrogen-bond acceptors (Lipinski definition) is 5. The molecule has 0 spiro atoms. The average Bonchev–Trinajstić information content (AvgIpc) is 2.95. The first-order valence-corrected chi connectivity index (χ1v) is 5.74. The largest absolute Gasteiger partial charge is 0.319 e. The van der Waals surface area contributed by atoms with Crippen molar-refractivity contribution >= 4 is 23.4 Å². The molecular weight excluding hydrogens is 262 g/mol. The van der Waals surface area contributed by atoms with Crippen molar-refractivity contribution in [1.29, 1.82) is 0 Å². The molecule has 1 aliphatic rings. The van der Waals surface area contributed by atoms with Crippen LogP contribution in [0.3, 0.4) is 0 Å². The molecule has 2 aromatic rings. The van der Waals surface area contributed by atoms with E-state index in [1.54, 1.807) is 6.92 Å². The van der Waals surface area contributed by atoms with E-state index in [-0.39, 0.29) is 11.4 Å². The van der Waals surface area contributed by atoms with Gasteiger partial charge in [0.15, 0.2) is 0 Å². The lowest BCUT2D eigenvalue weighted by atomic mass is 10.1. The van der Waals surface area contributed by atoms with E-state index in [0.29, 0.717) is 17.1 Å². The van der Waals surface area contributed by atoms with Gasteiger partial charge in [0.25, 0.3) is 17.7 Å². The predicted molar refractivity (Wildman–Crippen MR) is 67.3 cm³/mol. The molecule has 8 nitrogen and oxygen atoms in total. The number of anilines is 1. The maximum atomic E-state index is 11.8. The Bertz CT molecular complexity index is 749. The predicted octanol–water partition coefficient (Wildman–Crippen LogP) is 0.249. The molecule has 100 valence electrons. The van der Waals surface area contributed by atoms with Crippen molar-refractivity contribution in [2.24, 2.45) is 0 Å². The first-order valence-electron chi connectivity index (χ1n) is 5.74. The molecule has 20 heavy (non-hydrogen) atoms. The third-order valence-corrected chi connectivity index (χ3v) is 2.79. The highest BCUT2D eigenvalue weighted by atomic mass is 16.2. The van der Waals surface area contributed by atoms with Crippen molar-refractivity contribution in [3.8, 4) is 0 Å². The number of amides is 3. The van der Waals surface area contributed by atoms with Crippen molar-refractivity contribution in [3.63, 3.8) is 0 Å². The zero-order valence-corrected chi connectivity index (χ0v) is 10.4. The lowest BCUT2D eigenvalue weighted by molar-refractivity contribution is 0.0878. The van der Waals surface area contributed by atoms with Gasteiger partial charge in [-0.15, -0.1) is 5.10 Å². The molecule has 8 heteroatoms. The van der Waals surface area contributed by atoms with Crippen molar-refractivity contribution in [1.82, 2.24) is 20.5 Å². The fourth-order valence-electron chi connectivity index (χ4n) is 1.88. The van der Waals surface area contributed by atoms with E-state index in [4.69, 9.17) is 0 Å². The number of imide groups is 1. The summed E-state index contributed by atoms with van der Waals surface area (Å²) in [5.41, 5.74) is 0.918. The van der Waals surface area contributed by atoms with Crippen molar-refractivity contribution in [2.75, 3.05) is 5.32 Å². The lowest BCUT2D eigenvalue weighted by Crippen LogP contribution is -2.19. The Hall–Kier alpha value is -3.03. The summed E-state index contributed by atoms with van der Waals surface area (Å²) >= 11 is 0. The normalized spacial score (nSPS) is 13.1. The minimum Gasteiger partial charge on any atom is -0.319 e. The van der Waals surface area contributed by atoms with Crippen LogP contribution in [0.1, 0.15) is 37.2 Å². The number of benzene rings is 1. The minimum atomic E-state index is -0.501. The fourth-order valence-corrected chi connectivity index (χ4v) is 1.88. The Labute approximate surface area is 112 Å². The second-order valence-electron chi connectivity index (χ2n) is 4.24. The van der Waals surface area contributed by atoms with E-state index in [0.717, 1.165) is 0 Å². The molecule has 1 aromatic heterocycles. The Morgan fingerprint density at radius 3 is 2.65 bits per heavy atom. The van der Waals surface area contributed by atoms with Gasteiger partial charge in [-0.2, -0.15) is 0 Å². The third kappa shape index (κ3) is 1.92. The molecule has 2 heterocycles. The highest BCUT2D eigenvalue weighted by Gasteiger charge is 2.27. The van der Waals surface area contributed by atoms with Crippen LogP contribution in [0, 0.1) is 6.92 Å². The monoisotopic (exact) mass is 271 g/mol. The van der Waals surface area contributed by atoms with E-state index in [1.165, 1.54) is 18.2 Å². The van der Waals surface area contributed by atoms with Crippen LogP contribution in [-0.4, -0.2) is 32.9 Å². The SMILES string of the molecule is Cc1nc(C(=O)Nc2ccc3c(c2)C(=O)NC3=O)n[nH]1. The molecule has 1 aromatic carbocycles. The van der Waals surface area contributed by atoms with Crippen molar-refractivity contribution in [2.45, 2.75) is 6.92 Å². The highest BCUT2D eigenvalue weighted by molar-refractivity contribution is 6.22. The molecule has 0 fully saturated rings. The summed E-state index contributed by atoms with van der Waals surface area (Å²) in [7, 11) is 0. The summed E-state index contributed by atoms with van der Waals surface area (Å²) < 4.78 is 0. The van der Waals surface area contributed by atoms with Crippen LogP contribution < -0.4 is 10.6 Å². The topological polar surface area (TPSA) is 117 Å². The van der Waals surface area contributed by atoms with Crippen LogP contribution in [0.5, 0.6) is 0 Å². The van der Waals surface area contributed by atoms with Crippen molar-refractivity contribution in [3.05, 3.63) is 41.0 Å². The van der Waals surface area contributed by atoms with Crippen LogP contribution in [0.15, 0.2) is 18.2 Å². The first-order chi connectivity index (χ1) is 9.54. The third-order valence-electron chi connectivity index (χ3n) is 2.79. The number of aromatic nitrogens is 3. The van der Waals surface area contributed by atoms with Gasteiger partial charge in [-0.05, 0) is 25.1 Å². The number of carbonyl (C=O) groups is 3. The molecule has 0 unspecified atom stereocenters. The molecule has 0 saturated heterocycles. The summed E-state index contributed by atoms with van der Waals surface area (Å²) in [5.74, 6) is -0.890. The van der Waals surface area contributed by atoms with E-state index in [1.807, 2.05) is 0 Å². The molecule has 0 atom stereocenters. The number of rotatable bonds is 2. The average molecular weight is 271 g/mol. The molecule has 0 saturated carbocycles. The van der Waals surface area contributed by atoms with Gasteiger partial charge in [0.05, 0.1) is 11.1 Å². The Kier molecular flexibility index (Phi) is 2.56. The van der Waals surface area contributed by atoms with Crippen LogP contribution in [0.4, 0.5) is 5.69 Å². The second-order valence-corrected chi connectivity index (χ2v) is 4.24. The second kappa shape index (κ2) is 4.26. The van der Waals surface area contributed by atoms with Crippen LogP contribution in [0.25, 0.3) is 0 Å². The van der Waals surface area contributed by atoms with Crippen molar-refractivity contribution < 1.29 is 14.4 Å². The van der Waals surface area contributed by atoms with Gasteiger partial charge in [0.2, 0.25) is 5.82 Å². The molecule has 3 amide bonds. The molecule has 0 bridgehead atoms. The van der Waals surface area contributed by atoms with Gasteiger partial charge in [0, 0.05) is 5.69 Å². The lowest BCUT2D eigenvalue weighted by Gasteiger charge is -2.03. The zero-order valence-electron chi connectivity index (χ0n) is 10.4. The standard InChI is InChI=1S/C12H9N5O3/c1-5-13-9(17-16-5)12(20)14-6-2-3-7-8(4-6)11(19)15-10(7)18/h2-4H,1H3,(H,14,20)(H,13,16,17)(H,15,18,19). The number of aryl methyl sites for hydroxylation is 1. The van der Waals surface area contributed by atoms with Gasteiger partial charge in [-0.3, -0.25) is 24.8 Å². The number of aromatic amines is 1. The molecule has 0 radical (unpaired) electrons. The molecule has 3 N–H and O–H groups in total. The van der Waals surface area contributed by atoms with Gasteiger partial charge in [-0.25, -0.2) is 4.98 Å². The quantitative estimate of drug-likeness (QED) is 0.677. The summed E-state index contributed by atoms with van der Waals surface area (Å²) in [6.07, 6.45) is 0. The molecule has 1 aliphatic heterocycles. The number of H-pyrrole nitrogens is 1. The molecule has 0 aliphatic carbocycles. The van der Waals surface area contributed by atoms with Gasteiger partial charge in [-0.1, -0.05) is 0 Å². The Morgan fingerprint density at radius 2 is 1.95 bits per heavy atom. The van der Waals surface area contributed by atoms with E-state index in [2.05, 4.69) is 25.8 Å². The minimum absolute atomic E-state index is 0.00327. The zero-order chi connectivity index (χ0) is 14.3. The first kappa shape index (κ1) is 12.0. The van der Waals surface area contributed by atoms with E-state index < -0.39 is 17.7 Å². The summed E-state index contributed by atoms with van der Waals surface area (Å²) in [4.78, 5) is 38.6. The summed E-state index contributed by atoms with van der Waals surface area (Å²) in [5, 5.41) is 11.0. The number of fused-ring (bicyclic) bond motifs is 1. The smallest absolute Gasteiger partial charge is 0.295 e. The Morgan fingerprint density at radius 1 is 1.20 bits per heavy atom.